The highest BCUT2D eigenvalue weighted by Gasteiger charge is 2.39. The maximum atomic E-state index is 12.2. The number of anilines is 1. The number of hydrogen-bond donors (Lipinski definition) is 2. The van der Waals surface area contributed by atoms with Crippen LogP contribution in [-0.4, -0.2) is 46.0 Å². The number of carbonyl (C=O) groups is 1. The van der Waals surface area contributed by atoms with Crippen LogP contribution in [0.5, 0.6) is 5.75 Å². The van der Waals surface area contributed by atoms with Crippen molar-refractivity contribution in [2.24, 2.45) is 0 Å². The number of nitrogen functional groups attached to an aromatic ring is 1. The number of amides is 1. The average molecular weight is 339 g/mol. The third-order valence-corrected chi connectivity index (χ3v) is 4.89. The molecule has 0 radical (unpaired) electrons. The Morgan fingerprint density at radius 2 is 2.04 bits per heavy atom. The SMILES string of the molecule is Nc1ccnc(CN2CCC3(CC2)CNC(=O)c2ccccc2O3)n1. The standard InChI is InChI=1S/C18H21N5O2/c19-15-5-8-20-16(22-15)11-23-9-6-18(7-10-23)12-21-17(24)13-3-1-2-4-14(13)25-18/h1-5,8H,6-7,9-12H2,(H,21,24)(H2,19,20,22). The fraction of sp³-hybridized carbons (Fsp3) is 0.389. The van der Waals surface area contributed by atoms with Crippen molar-refractivity contribution in [2.45, 2.75) is 25.0 Å². The second-order valence-electron chi connectivity index (χ2n) is 6.64. The van der Waals surface area contributed by atoms with Crippen molar-refractivity contribution in [1.29, 1.82) is 0 Å². The first-order chi connectivity index (χ1) is 12.1. The third-order valence-electron chi connectivity index (χ3n) is 4.89. The molecule has 7 nitrogen and oxygen atoms in total. The summed E-state index contributed by atoms with van der Waals surface area (Å²) >= 11 is 0. The lowest BCUT2D eigenvalue weighted by Crippen LogP contribution is -2.53. The van der Waals surface area contributed by atoms with E-state index in [4.69, 9.17) is 10.5 Å². The molecule has 0 bridgehead atoms. The first-order valence-corrected chi connectivity index (χ1v) is 8.50. The summed E-state index contributed by atoms with van der Waals surface area (Å²) in [5.41, 5.74) is 5.98. The van der Waals surface area contributed by atoms with Gasteiger partial charge in [-0.25, -0.2) is 9.97 Å². The Balaban J connectivity index is 1.45. The van der Waals surface area contributed by atoms with Crippen molar-refractivity contribution < 1.29 is 9.53 Å². The lowest BCUT2D eigenvalue weighted by Gasteiger charge is -2.40. The fourth-order valence-corrected chi connectivity index (χ4v) is 3.44. The molecular formula is C18H21N5O2. The first-order valence-electron chi connectivity index (χ1n) is 8.50. The number of ether oxygens (including phenoxy) is 1. The van der Waals surface area contributed by atoms with Crippen LogP contribution in [0.15, 0.2) is 36.5 Å². The van der Waals surface area contributed by atoms with Crippen LogP contribution in [-0.2, 0) is 6.54 Å². The summed E-state index contributed by atoms with van der Waals surface area (Å²) in [6.45, 7) is 2.92. The topological polar surface area (TPSA) is 93.4 Å². The van der Waals surface area contributed by atoms with Crippen LogP contribution in [0.25, 0.3) is 0 Å². The number of carbonyl (C=O) groups excluding carboxylic acids is 1. The van der Waals surface area contributed by atoms with Crippen molar-refractivity contribution in [1.82, 2.24) is 20.2 Å². The van der Waals surface area contributed by atoms with Gasteiger partial charge in [0, 0.05) is 32.1 Å². The van der Waals surface area contributed by atoms with E-state index in [0.717, 1.165) is 31.8 Å². The van der Waals surface area contributed by atoms with E-state index in [1.54, 1.807) is 18.3 Å². The van der Waals surface area contributed by atoms with Gasteiger partial charge in [-0.05, 0) is 18.2 Å². The zero-order chi connectivity index (χ0) is 17.3. The van der Waals surface area contributed by atoms with Crippen LogP contribution in [0.4, 0.5) is 5.82 Å². The minimum absolute atomic E-state index is 0.0666. The molecule has 2 aliphatic heterocycles. The number of benzene rings is 1. The summed E-state index contributed by atoms with van der Waals surface area (Å²) in [6.07, 6.45) is 3.36. The Kier molecular flexibility index (Phi) is 4.01. The number of aromatic nitrogens is 2. The van der Waals surface area contributed by atoms with Crippen LogP contribution in [0, 0.1) is 0 Å². The van der Waals surface area contributed by atoms with Crippen LogP contribution < -0.4 is 15.8 Å². The van der Waals surface area contributed by atoms with Crippen molar-refractivity contribution in [3.63, 3.8) is 0 Å². The van der Waals surface area contributed by atoms with Crippen molar-refractivity contribution in [2.75, 3.05) is 25.4 Å². The van der Waals surface area contributed by atoms with E-state index in [1.165, 1.54) is 0 Å². The Morgan fingerprint density at radius 3 is 2.84 bits per heavy atom. The number of piperidine rings is 1. The summed E-state index contributed by atoms with van der Waals surface area (Å²) in [4.78, 5) is 23.1. The molecule has 0 saturated carbocycles. The van der Waals surface area contributed by atoms with Gasteiger partial charge in [-0.2, -0.15) is 0 Å². The van der Waals surface area contributed by atoms with Gasteiger partial charge in [-0.15, -0.1) is 0 Å². The number of rotatable bonds is 2. The van der Waals surface area contributed by atoms with E-state index in [9.17, 15) is 4.79 Å². The minimum atomic E-state index is -0.352. The van der Waals surface area contributed by atoms with Crippen molar-refractivity contribution in [3.8, 4) is 5.75 Å². The second-order valence-corrected chi connectivity index (χ2v) is 6.64. The van der Waals surface area contributed by atoms with Gasteiger partial charge in [-0.1, -0.05) is 12.1 Å². The van der Waals surface area contributed by atoms with Gasteiger partial charge in [0.15, 0.2) is 0 Å². The van der Waals surface area contributed by atoms with Gasteiger partial charge in [-0.3, -0.25) is 9.69 Å². The molecule has 1 aromatic heterocycles. The van der Waals surface area contributed by atoms with Gasteiger partial charge in [0.05, 0.1) is 18.7 Å². The van der Waals surface area contributed by atoms with E-state index < -0.39 is 0 Å². The molecule has 130 valence electrons. The highest BCUT2D eigenvalue weighted by atomic mass is 16.5. The zero-order valence-corrected chi connectivity index (χ0v) is 13.9. The molecule has 0 aliphatic carbocycles. The number of para-hydroxylation sites is 1. The molecule has 1 aromatic carbocycles. The number of likely N-dealkylation sites (tertiary alicyclic amines) is 1. The van der Waals surface area contributed by atoms with Crippen molar-refractivity contribution in [3.05, 3.63) is 47.9 Å². The smallest absolute Gasteiger partial charge is 0.255 e. The molecule has 0 atom stereocenters. The van der Waals surface area contributed by atoms with Gasteiger partial charge in [0.2, 0.25) is 0 Å². The van der Waals surface area contributed by atoms with Crippen LogP contribution in [0.3, 0.4) is 0 Å². The highest BCUT2D eigenvalue weighted by molar-refractivity contribution is 5.97. The zero-order valence-electron chi connectivity index (χ0n) is 13.9. The normalized spacial score (nSPS) is 19.6. The summed E-state index contributed by atoms with van der Waals surface area (Å²) in [7, 11) is 0. The second kappa shape index (κ2) is 6.33. The molecule has 2 aromatic rings. The monoisotopic (exact) mass is 339 g/mol. The Bertz CT molecular complexity index is 787. The fourth-order valence-electron chi connectivity index (χ4n) is 3.44. The number of hydrogen-bond acceptors (Lipinski definition) is 6. The minimum Gasteiger partial charge on any atom is -0.485 e. The molecule has 3 heterocycles. The van der Waals surface area contributed by atoms with Crippen LogP contribution in [0.2, 0.25) is 0 Å². The first kappa shape index (κ1) is 15.8. The van der Waals surface area contributed by atoms with E-state index in [0.29, 0.717) is 30.2 Å². The predicted molar refractivity (Wildman–Crippen MR) is 93.1 cm³/mol. The molecular weight excluding hydrogens is 318 g/mol. The van der Waals surface area contributed by atoms with Crippen LogP contribution >= 0.6 is 0 Å². The van der Waals surface area contributed by atoms with E-state index in [-0.39, 0.29) is 11.5 Å². The number of nitrogens with zero attached hydrogens (tertiary/aromatic N) is 3. The predicted octanol–water partition coefficient (Wildman–Crippen LogP) is 1.22. The third kappa shape index (κ3) is 3.28. The molecule has 25 heavy (non-hydrogen) atoms. The van der Waals surface area contributed by atoms with Gasteiger partial charge < -0.3 is 15.8 Å². The Hall–Kier alpha value is -2.67. The quantitative estimate of drug-likeness (QED) is 0.854. The maximum absolute atomic E-state index is 12.2. The summed E-state index contributed by atoms with van der Waals surface area (Å²) in [5, 5.41) is 3.01. The lowest BCUT2D eigenvalue weighted by molar-refractivity contribution is 0.00333. The van der Waals surface area contributed by atoms with Gasteiger partial charge >= 0.3 is 0 Å². The summed E-state index contributed by atoms with van der Waals surface area (Å²) in [5.74, 6) is 1.83. The molecule has 2 aliphatic rings. The highest BCUT2D eigenvalue weighted by Crippen LogP contribution is 2.33. The van der Waals surface area contributed by atoms with E-state index >= 15 is 0 Å². The van der Waals surface area contributed by atoms with Gasteiger partial charge in [0.25, 0.3) is 5.91 Å². The summed E-state index contributed by atoms with van der Waals surface area (Å²) < 4.78 is 6.31. The molecule has 1 saturated heterocycles. The number of nitrogens with one attached hydrogen (secondary N) is 1. The van der Waals surface area contributed by atoms with Gasteiger partial charge in [0.1, 0.15) is 23.0 Å². The molecule has 0 unspecified atom stereocenters. The maximum Gasteiger partial charge on any atom is 0.255 e. The molecule has 3 N–H and O–H groups in total. The molecule has 4 rings (SSSR count). The van der Waals surface area contributed by atoms with Crippen LogP contribution in [0.1, 0.15) is 29.0 Å². The molecule has 1 amide bonds. The molecule has 7 heteroatoms. The molecule has 1 spiro atoms. The lowest BCUT2D eigenvalue weighted by atomic mass is 9.91. The number of nitrogens with two attached hydrogens (primary N) is 1. The Labute approximate surface area is 146 Å². The largest absolute Gasteiger partial charge is 0.485 e. The average Bonchev–Trinajstić information content (AvgIpc) is 2.75. The van der Waals surface area contributed by atoms with Crippen molar-refractivity contribution >= 4 is 11.7 Å². The number of fused-ring (bicyclic) bond motifs is 1. The van der Waals surface area contributed by atoms with E-state index in [2.05, 4.69) is 20.2 Å². The Morgan fingerprint density at radius 1 is 1.24 bits per heavy atom. The molecule has 1 fully saturated rings. The van der Waals surface area contributed by atoms with E-state index in [1.807, 2.05) is 18.2 Å². The summed E-state index contributed by atoms with van der Waals surface area (Å²) in [6, 6.07) is 9.12.